The van der Waals surface area contributed by atoms with Crippen LogP contribution in [0, 0.1) is 5.92 Å². The number of aromatic nitrogens is 2. The van der Waals surface area contributed by atoms with Crippen LogP contribution in [0.4, 0.5) is 0 Å². The average molecular weight is 236 g/mol. The lowest BCUT2D eigenvalue weighted by molar-refractivity contribution is 0.264. The van der Waals surface area contributed by atoms with Gasteiger partial charge >= 0.3 is 0 Å². The summed E-state index contributed by atoms with van der Waals surface area (Å²) in [5.74, 6) is 0.528. The fourth-order valence-electron chi connectivity index (χ4n) is 1.64. The molecule has 86 valence electrons. The van der Waals surface area contributed by atoms with E-state index in [1.165, 1.54) is 0 Å². The zero-order valence-corrected chi connectivity index (χ0v) is 10.4. The normalized spacial score (nSPS) is 11.2. The van der Waals surface area contributed by atoms with Crippen molar-refractivity contribution in [2.24, 2.45) is 5.92 Å². The molecule has 0 aliphatic heterocycles. The molecule has 0 aromatic carbocycles. The molecule has 16 heavy (non-hydrogen) atoms. The highest BCUT2D eigenvalue weighted by atomic mass is 32.1. The highest BCUT2D eigenvalue weighted by Gasteiger charge is 2.10. The Labute approximate surface area is 99.4 Å². The van der Waals surface area contributed by atoms with Crippen molar-refractivity contribution in [3.63, 3.8) is 0 Å². The van der Waals surface area contributed by atoms with Crippen LogP contribution in [0.2, 0.25) is 0 Å². The van der Waals surface area contributed by atoms with Crippen molar-refractivity contribution in [3.05, 3.63) is 28.6 Å². The third kappa shape index (κ3) is 2.33. The standard InChI is InChI=1S/C12H16N2OS/c1-9(2)6-14-11(7-15)5-12(13-14)10-3-4-16-8-10/h3-5,8-9,15H,6-7H2,1-2H3. The van der Waals surface area contributed by atoms with Crippen molar-refractivity contribution in [3.8, 4) is 11.3 Å². The lowest BCUT2D eigenvalue weighted by Gasteiger charge is -2.07. The number of aliphatic hydroxyl groups excluding tert-OH is 1. The van der Waals surface area contributed by atoms with Gasteiger partial charge in [-0.2, -0.15) is 16.4 Å². The van der Waals surface area contributed by atoms with Gasteiger partial charge in [0.05, 0.1) is 18.0 Å². The Morgan fingerprint density at radius 3 is 2.88 bits per heavy atom. The van der Waals surface area contributed by atoms with Gasteiger partial charge in [0, 0.05) is 17.5 Å². The predicted molar refractivity (Wildman–Crippen MR) is 66.3 cm³/mol. The van der Waals surface area contributed by atoms with Crippen LogP contribution in [0.3, 0.4) is 0 Å². The van der Waals surface area contributed by atoms with Crippen LogP contribution in [-0.2, 0) is 13.2 Å². The lowest BCUT2D eigenvalue weighted by atomic mass is 10.2. The molecular weight excluding hydrogens is 220 g/mol. The third-order valence-corrected chi connectivity index (χ3v) is 3.06. The molecule has 1 N–H and O–H groups in total. The summed E-state index contributed by atoms with van der Waals surface area (Å²) in [7, 11) is 0. The van der Waals surface area contributed by atoms with Gasteiger partial charge < -0.3 is 5.11 Å². The van der Waals surface area contributed by atoms with Gasteiger partial charge in [-0.25, -0.2) is 0 Å². The first-order chi connectivity index (χ1) is 7.70. The van der Waals surface area contributed by atoms with Gasteiger partial charge in [-0.05, 0) is 23.4 Å². The Hall–Kier alpha value is -1.13. The van der Waals surface area contributed by atoms with Crippen LogP contribution < -0.4 is 0 Å². The van der Waals surface area contributed by atoms with Crippen LogP contribution in [0.15, 0.2) is 22.9 Å². The molecule has 0 atom stereocenters. The van der Waals surface area contributed by atoms with Gasteiger partial charge in [0.15, 0.2) is 0 Å². The molecule has 0 amide bonds. The van der Waals surface area contributed by atoms with E-state index in [0.29, 0.717) is 5.92 Å². The second-order valence-corrected chi connectivity index (χ2v) is 5.05. The minimum Gasteiger partial charge on any atom is -0.390 e. The fourth-order valence-corrected chi connectivity index (χ4v) is 2.29. The van der Waals surface area contributed by atoms with Crippen LogP contribution in [-0.4, -0.2) is 14.9 Å². The maximum absolute atomic E-state index is 9.28. The first-order valence-corrected chi connectivity index (χ1v) is 6.35. The van der Waals surface area contributed by atoms with E-state index in [-0.39, 0.29) is 6.61 Å². The van der Waals surface area contributed by atoms with Crippen molar-refractivity contribution in [2.45, 2.75) is 27.0 Å². The zero-order valence-electron chi connectivity index (χ0n) is 9.55. The maximum Gasteiger partial charge on any atom is 0.0935 e. The number of aliphatic hydroxyl groups is 1. The van der Waals surface area contributed by atoms with Gasteiger partial charge in [0.2, 0.25) is 0 Å². The summed E-state index contributed by atoms with van der Waals surface area (Å²) in [6, 6.07) is 4.01. The van der Waals surface area contributed by atoms with E-state index >= 15 is 0 Å². The molecular formula is C12H16N2OS. The molecule has 2 aromatic rings. The minimum atomic E-state index is 0.0455. The van der Waals surface area contributed by atoms with Gasteiger partial charge in [-0.15, -0.1) is 0 Å². The minimum absolute atomic E-state index is 0.0455. The van der Waals surface area contributed by atoms with E-state index in [1.54, 1.807) is 11.3 Å². The van der Waals surface area contributed by atoms with Crippen molar-refractivity contribution >= 4 is 11.3 Å². The van der Waals surface area contributed by atoms with Crippen molar-refractivity contribution < 1.29 is 5.11 Å². The molecule has 2 rings (SSSR count). The Bertz CT molecular complexity index is 446. The highest BCUT2D eigenvalue weighted by molar-refractivity contribution is 7.08. The molecule has 4 heteroatoms. The van der Waals surface area contributed by atoms with Crippen LogP contribution >= 0.6 is 11.3 Å². The number of nitrogens with zero attached hydrogens (tertiary/aromatic N) is 2. The lowest BCUT2D eigenvalue weighted by Crippen LogP contribution is -2.09. The summed E-state index contributed by atoms with van der Waals surface area (Å²) in [6.07, 6.45) is 0. The quantitative estimate of drug-likeness (QED) is 0.886. The van der Waals surface area contributed by atoms with Crippen molar-refractivity contribution in [2.75, 3.05) is 0 Å². The number of thiophene rings is 1. The largest absolute Gasteiger partial charge is 0.390 e. The molecule has 0 unspecified atom stereocenters. The first kappa shape index (κ1) is 11.4. The maximum atomic E-state index is 9.28. The van der Waals surface area contributed by atoms with Gasteiger partial charge in [0.1, 0.15) is 0 Å². The summed E-state index contributed by atoms with van der Waals surface area (Å²) in [5.41, 5.74) is 2.96. The van der Waals surface area contributed by atoms with E-state index in [1.807, 2.05) is 22.2 Å². The number of hydrogen-bond donors (Lipinski definition) is 1. The molecule has 3 nitrogen and oxygen atoms in total. The monoisotopic (exact) mass is 236 g/mol. The molecule has 0 bridgehead atoms. The predicted octanol–water partition coefficient (Wildman–Crippen LogP) is 2.76. The smallest absolute Gasteiger partial charge is 0.0935 e. The van der Waals surface area contributed by atoms with Crippen LogP contribution in [0.1, 0.15) is 19.5 Å². The number of hydrogen-bond acceptors (Lipinski definition) is 3. The molecule has 0 fully saturated rings. The first-order valence-electron chi connectivity index (χ1n) is 5.41. The Morgan fingerprint density at radius 2 is 2.31 bits per heavy atom. The third-order valence-electron chi connectivity index (χ3n) is 2.38. The Morgan fingerprint density at radius 1 is 1.50 bits per heavy atom. The van der Waals surface area contributed by atoms with E-state index < -0.39 is 0 Å². The van der Waals surface area contributed by atoms with E-state index in [2.05, 4.69) is 24.3 Å². The Balaban J connectivity index is 2.32. The summed E-state index contributed by atoms with van der Waals surface area (Å²) >= 11 is 1.66. The van der Waals surface area contributed by atoms with Gasteiger partial charge in [0.25, 0.3) is 0 Å². The summed E-state index contributed by atoms with van der Waals surface area (Å²) in [4.78, 5) is 0. The Kier molecular flexibility index (Phi) is 3.41. The second-order valence-electron chi connectivity index (χ2n) is 4.27. The molecule has 0 radical (unpaired) electrons. The van der Waals surface area contributed by atoms with Crippen LogP contribution in [0.25, 0.3) is 11.3 Å². The van der Waals surface area contributed by atoms with E-state index in [9.17, 15) is 5.11 Å². The topological polar surface area (TPSA) is 38.0 Å². The fraction of sp³-hybridized carbons (Fsp3) is 0.417. The molecule has 2 aromatic heterocycles. The molecule has 0 aliphatic carbocycles. The highest BCUT2D eigenvalue weighted by Crippen LogP contribution is 2.22. The summed E-state index contributed by atoms with van der Waals surface area (Å²) in [5, 5.41) is 17.9. The molecule has 2 heterocycles. The summed E-state index contributed by atoms with van der Waals surface area (Å²) < 4.78 is 1.90. The van der Waals surface area contributed by atoms with Crippen molar-refractivity contribution in [1.82, 2.24) is 9.78 Å². The van der Waals surface area contributed by atoms with E-state index in [0.717, 1.165) is 23.5 Å². The number of rotatable bonds is 4. The average Bonchev–Trinajstić information content (AvgIpc) is 2.83. The van der Waals surface area contributed by atoms with Crippen molar-refractivity contribution in [1.29, 1.82) is 0 Å². The molecule has 0 saturated carbocycles. The van der Waals surface area contributed by atoms with E-state index in [4.69, 9.17) is 0 Å². The van der Waals surface area contributed by atoms with Crippen LogP contribution in [0.5, 0.6) is 0 Å². The van der Waals surface area contributed by atoms with Gasteiger partial charge in [-0.1, -0.05) is 13.8 Å². The second kappa shape index (κ2) is 4.80. The van der Waals surface area contributed by atoms with Gasteiger partial charge in [-0.3, -0.25) is 4.68 Å². The molecule has 0 spiro atoms. The molecule has 0 aliphatic rings. The summed E-state index contributed by atoms with van der Waals surface area (Å²) in [6.45, 7) is 5.18. The SMILES string of the molecule is CC(C)Cn1nc(-c2ccsc2)cc1CO. The molecule has 0 saturated heterocycles. The zero-order chi connectivity index (χ0) is 11.5.